The summed E-state index contributed by atoms with van der Waals surface area (Å²) in [5, 5.41) is 1.98. The highest BCUT2D eigenvalue weighted by atomic mass is 35.5. The molecule has 1 aromatic heterocycles. The molecule has 1 amide bonds. The zero-order valence-corrected chi connectivity index (χ0v) is 18.2. The summed E-state index contributed by atoms with van der Waals surface area (Å²) in [7, 11) is -1.81. The average molecular weight is 470 g/mol. The van der Waals surface area contributed by atoms with Crippen LogP contribution >= 0.6 is 22.4 Å². The first kappa shape index (κ1) is 21.6. The number of hydrogen-bond acceptors (Lipinski definition) is 8. The van der Waals surface area contributed by atoms with E-state index in [1.807, 2.05) is 0 Å². The maximum Gasteiger partial charge on any atom is 0.277 e. The van der Waals surface area contributed by atoms with Gasteiger partial charge in [0, 0.05) is 30.9 Å². The van der Waals surface area contributed by atoms with Crippen molar-refractivity contribution in [3.63, 3.8) is 0 Å². The second-order valence-electron chi connectivity index (χ2n) is 7.45. The molecule has 166 valence electrons. The quantitative estimate of drug-likeness (QED) is 0.529. The van der Waals surface area contributed by atoms with Gasteiger partial charge >= 0.3 is 0 Å². The topological polar surface area (TPSA) is 133 Å². The molecule has 2 aliphatic heterocycles. The third-order valence-corrected chi connectivity index (χ3v) is 8.18. The number of carbonyl (C=O) groups excluding carboxylic acids is 1. The molecule has 5 N–H and O–H groups in total. The summed E-state index contributed by atoms with van der Waals surface area (Å²) < 4.78 is 42.8. The first-order chi connectivity index (χ1) is 14.5. The van der Waals surface area contributed by atoms with Crippen molar-refractivity contribution in [2.24, 2.45) is 10.7 Å². The van der Waals surface area contributed by atoms with Gasteiger partial charge in [-0.1, -0.05) is 11.6 Å². The number of amides is 1. The van der Waals surface area contributed by atoms with Crippen LogP contribution in [0.15, 0.2) is 35.5 Å². The number of fused-ring (bicyclic) bond motifs is 3. The molecule has 2 aromatic rings. The van der Waals surface area contributed by atoms with E-state index in [2.05, 4.69) is 15.3 Å². The van der Waals surface area contributed by atoms with Gasteiger partial charge in [-0.15, -0.1) is 10.8 Å². The van der Waals surface area contributed by atoms with Gasteiger partial charge in [-0.05, 0) is 31.2 Å². The van der Waals surface area contributed by atoms with Crippen molar-refractivity contribution in [1.29, 1.82) is 0 Å². The molecule has 0 saturated carbocycles. The standard InChI is InChI=1S/C19H21ClFN5O4S/c1-19-12-8-11(24-17(27)16-13(21)7-10(20)9-23-16)3-4-14(12)30-6-5-15(19)31(28,29)26(2)18(22)25-19/h3-4,7-9,15,28-29H,5-6H2,1-2H3,(H2,22,25)(H,24,27)/t15-,19+/m0/s1. The Kier molecular flexibility index (Phi) is 5.24. The van der Waals surface area contributed by atoms with Gasteiger partial charge in [0.05, 0.1) is 11.6 Å². The number of ether oxygens (including phenoxy) is 1. The van der Waals surface area contributed by atoms with Crippen molar-refractivity contribution >= 4 is 39.9 Å². The predicted molar refractivity (Wildman–Crippen MR) is 117 cm³/mol. The summed E-state index contributed by atoms with van der Waals surface area (Å²) in [6.45, 7) is 1.99. The highest BCUT2D eigenvalue weighted by molar-refractivity contribution is 8.23. The number of nitrogens with two attached hydrogens (primary N) is 1. The molecule has 3 heterocycles. The number of guanidine groups is 1. The van der Waals surface area contributed by atoms with Crippen LogP contribution in [0.4, 0.5) is 10.1 Å². The Labute approximate surface area is 184 Å². The highest BCUT2D eigenvalue weighted by Gasteiger charge is 2.52. The number of carbonyl (C=O) groups is 1. The van der Waals surface area contributed by atoms with Crippen molar-refractivity contribution < 1.29 is 23.0 Å². The smallest absolute Gasteiger partial charge is 0.277 e. The number of anilines is 1. The molecule has 9 nitrogen and oxygen atoms in total. The number of pyridine rings is 1. The van der Waals surface area contributed by atoms with E-state index in [9.17, 15) is 18.3 Å². The molecule has 4 rings (SSSR count). The van der Waals surface area contributed by atoms with Gasteiger partial charge in [0.25, 0.3) is 5.91 Å². The SMILES string of the molecule is CN1C(N)=N[C@]2(C)c3cc(NC(=O)c4ncc(Cl)cc4F)ccc3OCC[C@@H]2S1(O)O. The first-order valence-corrected chi connectivity index (χ1v) is 11.2. The Balaban J connectivity index is 1.75. The van der Waals surface area contributed by atoms with Gasteiger partial charge in [0.15, 0.2) is 11.5 Å². The van der Waals surface area contributed by atoms with Gasteiger partial charge in [-0.3, -0.25) is 13.9 Å². The lowest BCUT2D eigenvalue weighted by Crippen LogP contribution is -2.53. The van der Waals surface area contributed by atoms with Crippen LogP contribution in [0.3, 0.4) is 0 Å². The van der Waals surface area contributed by atoms with Gasteiger partial charge in [0.2, 0.25) is 5.96 Å². The van der Waals surface area contributed by atoms with Crippen LogP contribution in [-0.4, -0.2) is 49.2 Å². The molecule has 2 aliphatic rings. The van der Waals surface area contributed by atoms with E-state index >= 15 is 0 Å². The van der Waals surface area contributed by atoms with E-state index in [1.54, 1.807) is 25.1 Å². The fourth-order valence-electron chi connectivity index (χ4n) is 3.87. The van der Waals surface area contributed by atoms with Crippen LogP contribution in [0.1, 0.15) is 29.4 Å². The summed E-state index contributed by atoms with van der Waals surface area (Å²) in [6.07, 6.45) is 1.51. The normalized spacial score (nSPS) is 25.3. The molecule has 12 heteroatoms. The number of aromatic nitrogens is 1. The van der Waals surface area contributed by atoms with E-state index in [4.69, 9.17) is 22.1 Å². The van der Waals surface area contributed by atoms with Gasteiger partial charge in [0.1, 0.15) is 16.5 Å². The Bertz CT molecular complexity index is 1100. The van der Waals surface area contributed by atoms with Crippen LogP contribution in [-0.2, 0) is 5.54 Å². The number of nitrogens with one attached hydrogen (secondary N) is 1. The minimum Gasteiger partial charge on any atom is -0.493 e. The lowest BCUT2D eigenvalue weighted by molar-refractivity contribution is 0.101. The number of rotatable bonds is 2. The Morgan fingerprint density at radius 2 is 2.19 bits per heavy atom. The van der Waals surface area contributed by atoms with Gasteiger partial charge in [-0.2, -0.15) is 0 Å². The molecule has 0 radical (unpaired) electrons. The molecular weight excluding hydrogens is 449 g/mol. The lowest BCUT2D eigenvalue weighted by Gasteiger charge is -2.54. The van der Waals surface area contributed by atoms with Crippen LogP contribution in [0, 0.1) is 5.82 Å². The minimum absolute atomic E-state index is 0.0199. The summed E-state index contributed by atoms with van der Waals surface area (Å²) in [4.78, 5) is 20.8. The molecule has 0 fully saturated rings. The van der Waals surface area contributed by atoms with E-state index in [-0.39, 0.29) is 17.6 Å². The number of hydrogen-bond donors (Lipinski definition) is 4. The maximum atomic E-state index is 14.1. The van der Waals surface area contributed by atoms with Crippen LogP contribution in [0.2, 0.25) is 5.02 Å². The number of aliphatic imine (C=N–C) groups is 1. The zero-order chi connectivity index (χ0) is 22.6. The van der Waals surface area contributed by atoms with Gasteiger partial charge < -0.3 is 15.8 Å². The van der Waals surface area contributed by atoms with E-state index in [0.717, 1.165) is 6.07 Å². The third-order valence-electron chi connectivity index (χ3n) is 5.52. The highest BCUT2D eigenvalue weighted by Crippen LogP contribution is 2.60. The molecule has 0 saturated heterocycles. The Morgan fingerprint density at radius 3 is 2.90 bits per heavy atom. The molecule has 1 aromatic carbocycles. The lowest BCUT2D eigenvalue weighted by atomic mass is 9.87. The largest absolute Gasteiger partial charge is 0.493 e. The minimum atomic E-state index is -3.29. The molecule has 31 heavy (non-hydrogen) atoms. The van der Waals surface area contributed by atoms with Crippen molar-refractivity contribution in [2.45, 2.75) is 24.1 Å². The Hall–Kier alpha value is -2.60. The van der Waals surface area contributed by atoms with E-state index in [1.165, 1.54) is 17.5 Å². The fourth-order valence-corrected chi connectivity index (χ4v) is 5.92. The molecular formula is C19H21ClFN5O4S. The van der Waals surface area contributed by atoms with Crippen LogP contribution < -0.4 is 15.8 Å². The number of benzene rings is 1. The van der Waals surface area contributed by atoms with Gasteiger partial charge in [-0.25, -0.2) is 18.7 Å². The third kappa shape index (κ3) is 3.57. The van der Waals surface area contributed by atoms with Crippen LogP contribution in [0.25, 0.3) is 0 Å². The van der Waals surface area contributed by atoms with Crippen molar-refractivity contribution in [3.05, 3.63) is 52.6 Å². The summed E-state index contributed by atoms with van der Waals surface area (Å²) in [5.74, 6) is -1.15. The summed E-state index contributed by atoms with van der Waals surface area (Å²) in [6, 6.07) is 5.84. The second-order valence-corrected chi connectivity index (χ2v) is 10.1. The fraction of sp³-hybridized carbons (Fsp3) is 0.316. The summed E-state index contributed by atoms with van der Waals surface area (Å²) >= 11 is 5.69. The Morgan fingerprint density at radius 1 is 1.45 bits per heavy atom. The maximum absolute atomic E-state index is 14.1. The molecule has 0 aliphatic carbocycles. The number of halogens is 2. The summed E-state index contributed by atoms with van der Waals surface area (Å²) in [5.41, 5.74) is 5.31. The van der Waals surface area contributed by atoms with Crippen LogP contribution in [0.5, 0.6) is 5.75 Å². The molecule has 0 bridgehead atoms. The van der Waals surface area contributed by atoms with Crippen molar-refractivity contribution in [3.8, 4) is 5.75 Å². The van der Waals surface area contributed by atoms with E-state index < -0.39 is 39.0 Å². The monoisotopic (exact) mass is 469 g/mol. The first-order valence-electron chi connectivity index (χ1n) is 9.30. The van der Waals surface area contributed by atoms with Crippen molar-refractivity contribution in [1.82, 2.24) is 9.29 Å². The second kappa shape index (κ2) is 7.52. The van der Waals surface area contributed by atoms with Crippen molar-refractivity contribution in [2.75, 3.05) is 19.0 Å². The molecule has 0 unspecified atom stereocenters. The molecule has 2 atom stereocenters. The zero-order valence-electron chi connectivity index (χ0n) is 16.7. The predicted octanol–water partition coefficient (Wildman–Crippen LogP) is 3.42. The average Bonchev–Trinajstić information content (AvgIpc) is 2.83. The molecule has 0 spiro atoms. The van der Waals surface area contributed by atoms with E-state index in [0.29, 0.717) is 23.4 Å². The number of nitrogens with zero attached hydrogens (tertiary/aromatic N) is 3.